The molecule has 2 aromatic carbocycles. The normalized spacial score (nSPS) is 10.1. The van der Waals surface area contributed by atoms with Crippen LogP contribution >= 0.6 is 11.6 Å². The average Bonchev–Trinajstić information content (AvgIpc) is 2.44. The molecule has 0 saturated heterocycles. The third-order valence-electron chi connectivity index (χ3n) is 2.68. The smallest absolute Gasteiger partial charge is 0.255 e. The second-order valence-electron chi connectivity index (χ2n) is 4.15. The van der Waals surface area contributed by atoms with E-state index >= 15 is 0 Å². The first kappa shape index (κ1) is 14.2. The van der Waals surface area contributed by atoms with Crippen molar-refractivity contribution < 1.29 is 9.53 Å². The van der Waals surface area contributed by atoms with E-state index in [2.05, 4.69) is 5.32 Å². The SMILES string of the molecule is CCOc1ccc(C(=O)Nc2ccc(Cl)c(N)c2)cc1. The first-order valence-electron chi connectivity index (χ1n) is 6.19. The molecule has 20 heavy (non-hydrogen) atoms. The van der Waals surface area contributed by atoms with Crippen LogP contribution in [-0.2, 0) is 0 Å². The van der Waals surface area contributed by atoms with Crippen LogP contribution < -0.4 is 15.8 Å². The lowest BCUT2D eigenvalue weighted by atomic mass is 10.2. The largest absolute Gasteiger partial charge is 0.494 e. The molecule has 0 fully saturated rings. The summed E-state index contributed by atoms with van der Waals surface area (Å²) in [5.41, 5.74) is 7.26. The summed E-state index contributed by atoms with van der Waals surface area (Å²) in [5, 5.41) is 3.22. The van der Waals surface area contributed by atoms with Gasteiger partial charge in [-0.15, -0.1) is 0 Å². The molecule has 0 unspecified atom stereocenters. The average molecular weight is 291 g/mol. The van der Waals surface area contributed by atoms with Gasteiger partial charge in [0.05, 0.1) is 17.3 Å². The van der Waals surface area contributed by atoms with Crippen molar-refractivity contribution in [2.24, 2.45) is 0 Å². The van der Waals surface area contributed by atoms with Crippen molar-refractivity contribution in [2.75, 3.05) is 17.7 Å². The molecule has 0 spiro atoms. The van der Waals surface area contributed by atoms with Gasteiger partial charge in [-0.25, -0.2) is 0 Å². The maximum atomic E-state index is 12.1. The molecule has 0 aromatic heterocycles. The number of nitrogens with one attached hydrogen (secondary N) is 1. The first-order chi connectivity index (χ1) is 9.60. The number of carbonyl (C=O) groups is 1. The Balaban J connectivity index is 2.09. The van der Waals surface area contributed by atoms with Crippen molar-refractivity contribution >= 4 is 28.9 Å². The number of carbonyl (C=O) groups excluding carboxylic acids is 1. The predicted molar refractivity (Wildman–Crippen MR) is 81.4 cm³/mol. The van der Waals surface area contributed by atoms with Gasteiger partial charge in [0.15, 0.2) is 0 Å². The number of hydrogen-bond donors (Lipinski definition) is 2. The van der Waals surface area contributed by atoms with E-state index in [-0.39, 0.29) is 5.91 Å². The molecule has 0 radical (unpaired) electrons. The Bertz CT molecular complexity index is 612. The fraction of sp³-hybridized carbons (Fsp3) is 0.133. The van der Waals surface area contributed by atoms with Crippen molar-refractivity contribution in [3.63, 3.8) is 0 Å². The summed E-state index contributed by atoms with van der Waals surface area (Å²) in [4.78, 5) is 12.1. The van der Waals surface area contributed by atoms with E-state index in [1.165, 1.54) is 0 Å². The van der Waals surface area contributed by atoms with Gasteiger partial charge in [0, 0.05) is 11.3 Å². The number of hydrogen-bond acceptors (Lipinski definition) is 3. The Morgan fingerprint density at radius 2 is 1.95 bits per heavy atom. The minimum Gasteiger partial charge on any atom is -0.494 e. The van der Waals surface area contributed by atoms with Crippen molar-refractivity contribution in [1.82, 2.24) is 0 Å². The van der Waals surface area contributed by atoms with E-state index in [0.29, 0.717) is 28.6 Å². The number of rotatable bonds is 4. The molecule has 0 atom stereocenters. The second-order valence-corrected chi connectivity index (χ2v) is 4.56. The molecule has 0 bridgehead atoms. The molecule has 2 aromatic rings. The van der Waals surface area contributed by atoms with Crippen LogP contribution in [0.25, 0.3) is 0 Å². The van der Waals surface area contributed by atoms with E-state index in [1.807, 2.05) is 6.92 Å². The van der Waals surface area contributed by atoms with E-state index in [9.17, 15) is 4.79 Å². The lowest BCUT2D eigenvalue weighted by Gasteiger charge is -2.08. The molecule has 4 nitrogen and oxygen atoms in total. The number of nitrogens with two attached hydrogens (primary N) is 1. The minimum absolute atomic E-state index is 0.213. The number of halogens is 1. The van der Waals surface area contributed by atoms with Crippen LogP contribution in [0.2, 0.25) is 5.02 Å². The fourth-order valence-corrected chi connectivity index (χ4v) is 1.81. The molecule has 2 rings (SSSR count). The van der Waals surface area contributed by atoms with Crippen molar-refractivity contribution in [3.8, 4) is 5.75 Å². The molecule has 0 aliphatic carbocycles. The molecule has 0 heterocycles. The van der Waals surface area contributed by atoms with E-state index in [1.54, 1.807) is 42.5 Å². The lowest BCUT2D eigenvalue weighted by Crippen LogP contribution is -2.12. The van der Waals surface area contributed by atoms with Crippen molar-refractivity contribution in [2.45, 2.75) is 6.92 Å². The monoisotopic (exact) mass is 290 g/mol. The molecule has 0 aliphatic heterocycles. The summed E-state index contributed by atoms with van der Waals surface area (Å²) in [6, 6.07) is 11.9. The summed E-state index contributed by atoms with van der Waals surface area (Å²) >= 11 is 5.83. The van der Waals surface area contributed by atoms with Gasteiger partial charge in [-0.05, 0) is 49.4 Å². The summed E-state index contributed by atoms with van der Waals surface area (Å²) < 4.78 is 5.32. The Morgan fingerprint density at radius 1 is 1.25 bits per heavy atom. The van der Waals surface area contributed by atoms with E-state index in [0.717, 1.165) is 5.75 Å². The number of anilines is 2. The zero-order chi connectivity index (χ0) is 14.5. The number of ether oxygens (including phenoxy) is 1. The zero-order valence-electron chi connectivity index (χ0n) is 11.0. The van der Waals surface area contributed by atoms with Gasteiger partial charge in [0.25, 0.3) is 5.91 Å². The molecule has 0 saturated carbocycles. The zero-order valence-corrected chi connectivity index (χ0v) is 11.8. The number of nitrogen functional groups attached to an aromatic ring is 1. The molecule has 104 valence electrons. The highest BCUT2D eigenvalue weighted by Crippen LogP contribution is 2.23. The summed E-state index contributed by atoms with van der Waals surface area (Å²) in [7, 11) is 0. The highest BCUT2D eigenvalue weighted by Gasteiger charge is 2.07. The summed E-state index contributed by atoms with van der Waals surface area (Å²) in [6.45, 7) is 2.50. The Labute approximate surface area is 122 Å². The molecule has 0 aliphatic rings. The van der Waals surface area contributed by atoms with E-state index < -0.39 is 0 Å². The molecule has 3 N–H and O–H groups in total. The highest BCUT2D eigenvalue weighted by atomic mass is 35.5. The van der Waals surface area contributed by atoms with Crippen LogP contribution in [0.15, 0.2) is 42.5 Å². The van der Waals surface area contributed by atoms with Crippen LogP contribution in [0.3, 0.4) is 0 Å². The molecule has 1 amide bonds. The van der Waals surface area contributed by atoms with Crippen molar-refractivity contribution in [1.29, 1.82) is 0 Å². The van der Waals surface area contributed by atoms with Gasteiger partial charge in [0.1, 0.15) is 5.75 Å². The van der Waals surface area contributed by atoms with Gasteiger partial charge >= 0.3 is 0 Å². The Hall–Kier alpha value is -2.20. The van der Waals surface area contributed by atoms with Crippen LogP contribution in [0, 0.1) is 0 Å². The minimum atomic E-state index is -0.213. The standard InChI is InChI=1S/C15H15ClN2O2/c1-2-20-12-6-3-10(4-7-12)15(19)18-11-5-8-13(16)14(17)9-11/h3-9H,2,17H2,1H3,(H,18,19). The van der Waals surface area contributed by atoms with E-state index in [4.69, 9.17) is 22.1 Å². The Kier molecular flexibility index (Phi) is 4.48. The quantitative estimate of drug-likeness (QED) is 0.846. The molecular weight excluding hydrogens is 276 g/mol. The van der Waals surface area contributed by atoms with Crippen LogP contribution in [-0.4, -0.2) is 12.5 Å². The maximum absolute atomic E-state index is 12.1. The molecular formula is C15H15ClN2O2. The van der Waals surface area contributed by atoms with Gasteiger partial charge in [-0.3, -0.25) is 4.79 Å². The maximum Gasteiger partial charge on any atom is 0.255 e. The van der Waals surface area contributed by atoms with Gasteiger partial charge < -0.3 is 15.8 Å². The third kappa shape index (κ3) is 3.42. The predicted octanol–water partition coefficient (Wildman–Crippen LogP) is 3.57. The van der Waals surface area contributed by atoms with Crippen LogP contribution in [0.4, 0.5) is 11.4 Å². The highest BCUT2D eigenvalue weighted by molar-refractivity contribution is 6.33. The first-order valence-corrected chi connectivity index (χ1v) is 6.57. The van der Waals surface area contributed by atoms with Crippen LogP contribution in [0.5, 0.6) is 5.75 Å². The summed E-state index contributed by atoms with van der Waals surface area (Å²) in [6.07, 6.45) is 0. The number of benzene rings is 2. The van der Waals surface area contributed by atoms with Gasteiger partial charge in [0.2, 0.25) is 0 Å². The summed E-state index contributed by atoms with van der Waals surface area (Å²) in [5.74, 6) is 0.523. The topological polar surface area (TPSA) is 64.3 Å². The molecule has 5 heteroatoms. The van der Waals surface area contributed by atoms with Gasteiger partial charge in [-0.2, -0.15) is 0 Å². The number of amides is 1. The van der Waals surface area contributed by atoms with Crippen molar-refractivity contribution in [3.05, 3.63) is 53.1 Å². The lowest BCUT2D eigenvalue weighted by molar-refractivity contribution is 0.102. The van der Waals surface area contributed by atoms with Crippen LogP contribution in [0.1, 0.15) is 17.3 Å². The third-order valence-corrected chi connectivity index (χ3v) is 3.03. The fourth-order valence-electron chi connectivity index (χ4n) is 1.69. The second kappa shape index (κ2) is 6.30. The Morgan fingerprint density at radius 3 is 2.55 bits per heavy atom. The van der Waals surface area contributed by atoms with Gasteiger partial charge in [-0.1, -0.05) is 11.6 Å².